The number of carbonyl (C=O) groups is 1. The molecule has 0 amide bonds. The highest BCUT2D eigenvalue weighted by Gasteiger charge is 2.26. The first-order chi connectivity index (χ1) is 13.1. The van der Waals surface area contributed by atoms with Crippen LogP contribution in [0.1, 0.15) is 53.9 Å². The Morgan fingerprint density at radius 3 is 2.44 bits per heavy atom. The first-order valence-corrected chi connectivity index (χ1v) is 10.3. The van der Waals surface area contributed by atoms with Crippen molar-refractivity contribution < 1.29 is 9.53 Å². The number of rotatable bonds is 7. The van der Waals surface area contributed by atoms with Crippen LogP contribution in [-0.4, -0.2) is 19.0 Å². The Hall–Kier alpha value is -2.10. The smallest absolute Gasteiger partial charge is 0.199 e. The fourth-order valence-corrected chi connectivity index (χ4v) is 4.56. The second kappa shape index (κ2) is 9.20. The first kappa shape index (κ1) is 19.7. The Labute approximate surface area is 166 Å². The van der Waals surface area contributed by atoms with E-state index in [1.165, 1.54) is 16.7 Å². The maximum absolute atomic E-state index is 13.0. The van der Waals surface area contributed by atoms with Crippen LogP contribution in [-0.2, 0) is 4.74 Å². The van der Waals surface area contributed by atoms with Crippen LogP contribution in [0.4, 0.5) is 0 Å². The second-order valence-corrected chi connectivity index (χ2v) is 8.09. The van der Waals surface area contributed by atoms with Gasteiger partial charge in [-0.05, 0) is 50.0 Å². The number of hydrogen-bond acceptors (Lipinski definition) is 3. The van der Waals surface area contributed by atoms with Gasteiger partial charge in [-0.3, -0.25) is 4.79 Å². The molecule has 2 nitrogen and oxygen atoms in total. The minimum Gasteiger partial charge on any atom is -0.377 e. The second-order valence-electron chi connectivity index (χ2n) is 6.84. The summed E-state index contributed by atoms with van der Waals surface area (Å²) in [6.07, 6.45) is 2.96. The molecule has 1 unspecified atom stereocenters. The van der Waals surface area contributed by atoms with Crippen molar-refractivity contribution in [3.63, 3.8) is 0 Å². The van der Waals surface area contributed by atoms with Gasteiger partial charge in [0.1, 0.15) is 0 Å². The van der Waals surface area contributed by atoms with Gasteiger partial charge in [-0.1, -0.05) is 60.2 Å². The van der Waals surface area contributed by atoms with Crippen LogP contribution >= 0.6 is 11.8 Å². The van der Waals surface area contributed by atoms with Gasteiger partial charge in [-0.15, -0.1) is 11.8 Å². The fraction of sp³-hybridized carbons (Fsp3) is 0.292. The zero-order chi connectivity index (χ0) is 19.2. The summed E-state index contributed by atoms with van der Waals surface area (Å²) in [4.78, 5) is 13.8. The Kier molecular flexibility index (Phi) is 6.70. The normalized spacial score (nSPS) is 17.0. The van der Waals surface area contributed by atoms with E-state index >= 15 is 0 Å². The molecule has 27 heavy (non-hydrogen) atoms. The van der Waals surface area contributed by atoms with Gasteiger partial charge >= 0.3 is 0 Å². The van der Waals surface area contributed by atoms with Crippen LogP contribution in [0.15, 0.2) is 70.6 Å². The number of hydrogen-bond donors (Lipinski definition) is 0. The third kappa shape index (κ3) is 4.79. The van der Waals surface area contributed by atoms with Crippen LogP contribution in [0.2, 0.25) is 0 Å². The third-order valence-electron chi connectivity index (χ3n) is 4.90. The molecule has 0 fully saturated rings. The first-order valence-electron chi connectivity index (χ1n) is 9.40. The van der Waals surface area contributed by atoms with Crippen molar-refractivity contribution in [1.29, 1.82) is 0 Å². The van der Waals surface area contributed by atoms with Crippen LogP contribution in [0, 0.1) is 0 Å². The SMILES string of the molecule is CCOC/C(C)=C(/C)CC1SC(C(=O)c2ccccc2)=Cc2ccccc21. The number of carbonyl (C=O) groups excluding carboxylic acids is 1. The lowest BCUT2D eigenvalue weighted by Gasteiger charge is -2.26. The van der Waals surface area contributed by atoms with Crippen molar-refractivity contribution in [1.82, 2.24) is 0 Å². The molecule has 0 saturated heterocycles. The van der Waals surface area contributed by atoms with E-state index in [0.717, 1.165) is 29.1 Å². The minimum absolute atomic E-state index is 0.104. The monoisotopic (exact) mass is 378 g/mol. The van der Waals surface area contributed by atoms with Crippen LogP contribution < -0.4 is 0 Å². The van der Waals surface area contributed by atoms with Crippen molar-refractivity contribution in [2.45, 2.75) is 32.4 Å². The number of benzene rings is 2. The van der Waals surface area contributed by atoms with E-state index in [1.807, 2.05) is 49.4 Å². The summed E-state index contributed by atoms with van der Waals surface area (Å²) in [6, 6.07) is 17.9. The van der Waals surface area contributed by atoms with E-state index in [4.69, 9.17) is 4.74 Å². The molecule has 0 N–H and O–H groups in total. The van der Waals surface area contributed by atoms with Crippen LogP contribution in [0.3, 0.4) is 0 Å². The summed E-state index contributed by atoms with van der Waals surface area (Å²) in [6.45, 7) is 7.73. The largest absolute Gasteiger partial charge is 0.377 e. The van der Waals surface area contributed by atoms with Crippen molar-refractivity contribution in [2.24, 2.45) is 0 Å². The average molecular weight is 379 g/mol. The molecule has 3 rings (SSSR count). The number of Topliss-reactive ketones (excluding diaryl/α,β-unsaturated/α-hetero) is 1. The van der Waals surface area contributed by atoms with E-state index in [0.29, 0.717) is 6.61 Å². The van der Waals surface area contributed by atoms with Gasteiger partial charge in [-0.25, -0.2) is 0 Å². The molecular weight excluding hydrogens is 352 g/mol. The molecule has 0 saturated carbocycles. The van der Waals surface area contributed by atoms with Crippen molar-refractivity contribution in [2.75, 3.05) is 13.2 Å². The maximum Gasteiger partial charge on any atom is 0.199 e. The van der Waals surface area contributed by atoms with Gasteiger partial charge in [0.05, 0.1) is 11.5 Å². The van der Waals surface area contributed by atoms with Gasteiger partial charge < -0.3 is 4.74 Å². The Morgan fingerprint density at radius 1 is 1.00 bits per heavy atom. The van der Waals surface area contributed by atoms with Crippen molar-refractivity contribution in [3.05, 3.63) is 87.3 Å². The number of allylic oxidation sites excluding steroid dienone is 2. The van der Waals surface area contributed by atoms with Gasteiger partial charge in [0, 0.05) is 17.4 Å². The standard InChI is InChI=1S/C24H26O2S/c1-4-26-16-18(3)17(2)14-22-21-13-9-8-12-20(21)15-23(27-22)24(25)19-10-6-5-7-11-19/h5-13,15,22H,4,14,16H2,1-3H3/b18-17-. The number of ketones is 1. The maximum atomic E-state index is 13.0. The van der Waals surface area contributed by atoms with Gasteiger partial charge in [0.2, 0.25) is 0 Å². The Bertz CT molecular complexity index is 865. The molecule has 1 atom stereocenters. The van der Waals surface area contributed by atoms with Gasteiger partial charge in [-0.2, -0.15) is 0 Å². The number of thioether (sulfide) groups is 1. The topological polar surface area (TPSA) is 26.3 Å². The fourth-order valence-electron chi connectivity index (χ4n) is 3.16. The average Bonchev–Trinajstić information content (AvgIpc) is 2.71. The van der Waals surface area contributed by atoms with Gasteiger partial charge in [0.15, 0.2) is 5.78 Å². The van der Waals surface area contributed by atoms with E-state index in [2.05, 4.69) is 32.0 Å². The van der Waals surface area contributed by atoms with Gasteiger partial charge in [0.25, 0.3) is 0 Å². The highest BCUT2D eigenvalue weighted by Crippen LogP contribution is 2.46. The Balaban J connectivity index is 1.88. The number of fused-ring (bicyclic) bond motifs is 1. The summed E-state index contributed by atoms with van der Waals surface area (Å²) in [5.74, 6) is 0.104. The molecule has 0 aliphatic carbocycles. The van der Waals surface area contributed by atoms with Crippen molar-refractivity contribution in [3.8, 4) is 0 Å². The predicted molar refractivity (Wildman–Crippen MR) is 115 cm³/mol. The van der Waals surface area contributed by atoms with E-state index in [1.54, 1.807) is 11.8 Å². The summed E-state index contributed by atoms with van der Waals surface area (Å²) < 4.78 is 5.56. The zero-order valence-corrected chi connectivity index (χ0v) is 17.0. The Morgan fingerprint density at radius 2 is 1.70 bits per heavy atom. The summed E-state index contributed by atoms with van der Waals surface area (Å²) >= 11 is 1.68. The third-order valence-corrected chi connectivity index (χ3v) is 6.16. The molecule has 1 aliphatic rings. The lowest BCUT2D eigenvalue weighted by molar-refractivity contribution is 0.104. The van der Waals surface area contributed by atoms with Crippen molar-refractivity contribution >= 4 is 23.6 Å². The quantitative estimate of drug-likeness (QED) is 0.408. The summed E-state index contributed by atoms with van der Waals surface area (Å²) in [5.41, 5.74) is 5.81. The van der Waals surface area contributed by atoms with E-state index < -0.39 is 0 Å². The molecule has 0 bridgehead atoms. The molecular formula is C24H26O2S. The number of ether oxygens (including phenoxy) is 1. The molecule has 2 aromatic rings. The molecule has 3 heteroatoms. The minimum atomic E-state index is 0.104. The predicted octanol–water partition coefficient (Wildman–Crippen LogP) is 6.46. The molecule has 0 aromatic heterocycles. The van der Waals surface area contributed by atoms with Crippen LogP contribution in [0.5, 0.6) is 0 Å². The molecule has 1 heterocycles. The summed E-state index contributed by atoms with van der Waals surface area (Å²) in [5, 5.41) is 0.241. The highest BCUT2D eigenvalue weighted by atomic mass is 32.2. The highest BCUT2D eigenvalue weighted by molar-refractivity contribution is 8.04. The van der Waals surface area contributed by atoms with E-state index in [9.17, 15) is 4.79 Å². The molecule has 0 spiro atoms. The molecule has 0 radical (unpaired) electrons. The molecule has 1 aliphatic heterocycles. The van der Waals surface area contributed by atoms with E-state index in [-0.39, 0.29) is 11.0 Å². The summed E-state index contributed by atoms with van der Waals surface area (Å²) in [7, 11) is 0. The zero-order valence-electron chi connectivity index (χ0n) is 16.2. The lowest BCUT2D eigenvalue weighted by Crippen LogP contribution is -2.10. The molecule has 2 aromatic carbocycles. The van der Waals surface area contributed by atoms with Crippen LogP contribution in [0.25, 0.3) is 6.08 Å². The molecule has 140 valence electrons. The lowest BCUT2D eigenvalue weighted by atomic mass is 9.96.